The SMILES string of the molecule is COC(=O)c1ccc(C(C)Sc2nnc(-c3sc(C)nc3C)o2)o1. The zero-order chi connectivity index (χ0) is 17.3. The second-order valence-electron chi connectivity index (χ2n) is 4.97. The van der Waals surface area contributed by atoms with E-state index in [1.54, 1.807) is 12.1 Å². The first-order valence-corrected chi connectivity index (χ1v) is 8.80. The first kappa shape index (κ1) is 16.7. The molecule has 0 spiro atoms. The summed E-state index contributed by atoms with van der Waals surface area (Å²) < 4.78 is 15.8. The molecule has 1 unspecified atom stereocenters. The third kappa shape index (κ3) is 3.36. The summed E-state index contributed by atoms with van der Waals surface area (Å²) >= 11 is 2.87. The van der Waals surface area contributed by atoms with Crippen LogP contribution >= 0.6 is 23.1 Å². The van der Waals surface area contributed by atoms with E-state index in [-0.39, 0.29) is 11.0 Å². The maximum absolute atomic E-state index is 11.4. The summed E-state index contributed by atoms with van der Waals surface area (Å²) in [4.78, 5) is 16.7. The quantitative estimate of drug-likeness (QED) is 0.494. The summed E-state index contributed by atoms with van der Waals surface area (Å²) in [6, 6.07) is 3.32. The van der Waals surface area contributed by atoms with Crippen molar-refractivity contribution in [1.29, 1.82) is 0 Å². The fourth-order valence-corrected chi connectivity index (χ4v) is 3.67. The van der Waals surface area contributed by atoms with Gasteiger partial charge in [0.15, 0.2) is 0 Å². The third-order valence-corrected chi connectivity index (χ3v) is 5.21. The highest BCUT2D eigenvalue weighted by atomic mass is 32.2. The molecule has 0 saturated carbocycles. The summed E-state index contributed by atoms with van der Waals surface area (Å²) in [6.07, 6.45) is 0. The highest BCUT2D eigenvalue weighted by molar-refractivity contribution is 7.99. The number of thiazole rings is 1. The lowest BCUT2D eigenvalue weighted by molar-refractivity contribution is 0.0563. The molecule has 3 heterocycles. The third-order valence-electron chi connectivity index (χ3n) is 3.20. The second-order valence-corrected chi connectivity index (χ2v) is 7.47. The smallest absolute Gasteiger partial charge is 0.373 e. The summed E-state index contributed by atoms with van der Waals surface area (Å²) in [7, 11) is 1.31. The molecule has 9 heteroatoms. The summed E-state index contributed by atoms with van der Waals surface area (Å²) in [5, 5.41) is 9.43. The second kappa shape index (κ2) is 6.78. The molecule has 3 aromatic rings. The maximum Gasteiger partial charge on any atom is 0.373 e. The molecular weight excluding hydrogens is 350 g/mol. The van der Waals surface area contributed by atoms with E-state index < -0.39 is 5.97 Å². The van der Waals surface area contributed by atoms with Crippen LogP contribution in [-0.4, -0.2) is 28.3 Å². The van der Waals surface area contributed by atoms with Gasteiger partial charge in [-0.15, -0.1) is 21.5 Å². The van der Waals surface area contributed by atoms with Crippen LogP contribution in [0, 0.1) is 13.8 Å². The van der Waals surface area contributed by atoms with Gasteiger partial charge in [0.1, 0.15) is 10.6 Å². The van der Waals surface area contributed by atoms with Gasteiger partial charge in [-0.25, -0.2) is 9.78 Å². The van der Waals surface area contributed by atoms with Crippen molar-refractivity contribution >= 4 is 29.1 Å². The summed E-state index contributed by atoms with van der Waals surface area (Å²) in [6.45, 7) is 5.78. The fraction of sp³-hybridized carbons (Fsp3) is 0.333. The average molecular weight is 365 g/mol. The van der Waals surface area contributed by atoms with Gasteiger partial charge in [0.25, 0.3) is 11.1 Å². The van der Waals surface area contributed by atoms with Gasteiger partial charge >= 0.3 is 5.97 Å². The Morgan fingerprint density at radius 3 is 2.75 bits per heavy atom. The van der Waals surface area contributed by atoms with Crippen LogP contribution in [0.3, 0.4) is 0 Å². The van der Waals surface area contributed by atoms with Crippen molar-refractivity contribution in [2.75, 3.05) is 7.11 Å². The number of thioether (sulfide) groups is 1. The van der Waals surface area contributed by atoms with Crippen molar-refractivity contribution in [3.63, 3.8) is 0 Å². The predicted octanol–water partition coefficient (Wildman–Crippen LogP) is 4.04. The Morgan fingerprint density at radius 1 is 1.29 bits per heavy atom. The van der Waals surface area contributed by atoms with E-state index >= 15 is 0 Å². The molecule has 3 rings (SSSR count). The Hall–Kier alpha value is -2.13. The minimum atomic E-state index is -0.505. The monoisotopic (exact) mass is 365 g/mol. The Balaban J connectivity index is 1.73. The minimum absolute atomic E-state index is 0.0963. The van der Waals surface area contributed by atoms with Crippen LogP contribution in [0.4, 0.5) is 0 Å². The molecule has 24 heavy (non-hydrogen) atoms. The van der Waals surface area contributed by atoms with Crippen molar-refractivity contribution in [2.24, 2.45) is 0 Å². The van der Waals surface area contributed by atoms with Crippen LogP contribution in [-0.2, 0) is 4.74 Å². The molecule has 0 radical (unpaired) electrons. The van der Waals surface area contributed by atoms with Crippen LogP contribution in [0.2, 0.25) is 0 Å². The number of hydrogen-bond acceptors (Lipinski definition) is 9. The van der Waals surface area contributed by atoms with E-state index in [4.69, 9.17) is 8.83 Å². The number of hydrogen-bond donors (Lipinski definition) is 0. The molecular formula is C15H15N3O4S2. The van der Waals surface area contributed by atoms with Crippen molar-refractivity contribution in [2.45, 2.75) is 31.2 Å². The lowest BCUT2D eigenvalue weighted by atomic mass is 10.3. The topological polar surface area (TPSA) is 91.2 Å². The number of aromatic nitrogens is 3. The molecule has 0 aliphatic rings. The number of esters is 1. The van der Waals surface area contributed by atoms with Gasteiger partial charge in [0.05, 0.1) is 23.1 Å². The lowest BCUT2D eigenvalue weighted by Gasteiger charge is -2.03. The Labute approximate surface area is 146 Å². The number of carbonyl (C=O) groups is 1. The maximum atomic E-state index is 11.4. The molecule has 0 aliphatic carbocycles. The zero-order valence-electron chi connectivity index (χ0n) is 13.5. The van der Waals surface area contributed by atoms with Crippen molar-refractivity contribution in [1.82, 2.24) is 15.2 Å². The first-order valence-electron chi connectivity index (χ1n) is 7.10. The van der Waals surface area contributed by atoms with Gasteiger partial charge in [-0.05, 0) is 32.9 Å². The van der Waals surface area contributed by atoms with Gasteiger partial charge in [0.2, 0.25) is 5.76 Å². The molecule has 3 aromatic heterocycles. The number of methoxy groups -OCH3 is 1. The van der Waals surface area contributed by atoms with E-state index in [9.17, 15) is 4.79 Å². The van der Waals surface area contributed by atoms with E-state index in [0.29, 0.717) is 16.9 Å². The van der Waals surface area contributed by atoms with Crippen LogP contribution in [0.15, 0.2) is 26.2 Å². The molecule has 7 nitrogen and oxygen atoms in total. The van der Waals surface area contributed by atoms with Crippen LogP contribution in [0.1, 0.15) is 39.2 Å². The molecule has 0 aromatic carbocycles. The van der Waals surface area contributed by atoms with Gasteiger partial charge in [-0.1, -0.05) is 11.8 Å². The normalized spacial score (nSPS) is 12.3. The molecule has 0 bridgehead atoms. The first-order chi connectivity index (χ1) is 11.5. The summed E-state index contributed by atoms with van der Waals surface area (Å²) in [5.74, 6) is 0.754. The van der Waals surface area contributed by atoms with E-state index in [0.717, 1.165) is 15.6 Å². The van der Waals surface area contributed by atoms with Gasteiger partial charge in [-0.3, -0.25) is 0 Å². The molecule has 0 saturated heterocycles. The van der Waals surface area contributed by atoms with Crippen molar-refractivity contribution in [3.05, 3.63) is 34.4 Å². The van der Waals surface area contributed by atoms with Crippen molar-refractivity contribution < 1.29 is 18.4 Å². The van der Waals surface area contributed by atoms with Gasteiger partial charge < -0.3 is 13.6 Å². The number of furan rings is 1. The van der Waals surface area contributed by atoms with Crippen LogP contribution < -0.4 is 0 Å². The summed E-state index contributed by atoms with van der Waals surface area (Å²) in [5.41, 5.74) is 0.875. The average Bonchev–Trinajstić information content (AvgIpc) is 3.26. The number of ether oxygens (including phenoxy) is 1. The van der Waals surface area contributed by atoms with Crippen molar-refractivity contribution in [3.8, 4) is 10.8 Å². The van der Waals surface area contributed by atoms with Crippen LogP contribution in [0.5, 0.6) is 0 Å². The number of nitrogens with zero attached hydrogens (tertiary/aromatic N) is 3. The number of carbonyl (C=O) groups excluding carboxylic acids is 1. The largest absolute Gasteiger partial charge is 0.463 e. The number of rotatable bonds is 5. The highest BCUT2D eigenvalue weighted by Gasteiger charge is 2.20. The molecule has 0 aliphatic heterocycles. The standard InChI is InChI=1S/C15H15N3O4S2/c1-7-12(24-9(3)16-7)13-17-18-15(22-13)23-8(2)10-5-6-11(21-10)14(19)20-4/h5-6,8H,1-4H3. The lowest BCUT2D eigenvalue weighted by Crippen LogP contribution is -1.98. The Morgan fingerprint density at radius 2 is 2.08 bits per heavy atom. The predicted molar refractivity (Wildman–Crippen MR) is 89.2 cm³/mol. The molecule has 0 amide bonds. The highest BCUT2D eigenvalue weighted by Crippen LogP contribution is 2.37. The fourth-order valence-electron chi connectivity index (χ4n) is 2.07. The number of aryl methyl sites for hydroxylation is 2. The zero-order valence-corrected chi connectivity index (χ0v) is 15.2. The minimum Gasteiger partial charge on any atom is -0.463 e. The molecule has 0 fully saturated rings. The van der Waals surface area contributed by atoms with Gasteiger partial charge in [-0.2, -0.15) is 0 Å². The Kier molecular flexibility index (Phi) is 4.72. The van der Waals surface area contributed by atoms with E-state index in [2.05, 4.69) is 19.9 Å². The molecule has 0 N–H and O–H groups in total. The van der Waals surface area contributed by atoms with E-state index in [1.807, 2.05) is 20.8 Å². The Bertz CT molecular complexity index is 868. The van der Waals surface area contributed by atoms with E-state index in [1.165, 1.54) is 30.2 Å². The van der Waals surface area contributed by atoms with Gasteiger partial charge in [0, 0.05) is 0 Å². The molecule has 1 atom stereocenters. The van der Waals surface area contributed by atoms with Crippen LogP contribution in [0.25, 0.3) is 10.8 Å². The molecule has 126 valence electrons.